The summed E-state index contributed by atoms with van der Waals surface area (Å²) in [4.78, 5) is 15.0. The molecule has 0 bridgehead atoms. The minimum Gasteiger partial charge on any atom is -0.367 e. The molecule has 21 heavy (non-hydrogen) atoms. The molecular formula is C16H16FNO2S. The molecule has 2 unspecified atom stereocenters. The topological polar surface area (TPSA) is 29.5 Å². The van der Waals surface area contributed by atoms with Gasteiger partial charge in [-0.25, -0.2) is 4.39 Å². The number of nitrogens with zero attached hydrogens (tertiary/aromatic N) is 1. The average molecular weight is 305 g/mol. The number of halogens is 1. The molecule has 0 spiro atoms. The molecule has 1 aromatic carbocycles. The molecule has 2 heterocycles. The number of morpholine rings is 1. The second-order valence-corrected chi connectivity index (χ2v) is 6.12. The predicted octanol–water partition coefficient (Wildman–Crippen LogP) is 3.49. The van der Waals surface area contributed by atoms with E-state index in [-0.39, 0.29) is 23.9 Å². The number of carbonyl (C=O) groups is 1. The molecule has 0 saturated carbocycles. The van der Waals surface area contributed by atoms with E-state index in [2.05, 4.69) is 0 Å². The van der Waals surface area contributed by atoms with Crippen LogP contribution >= 0.6 is 11.3 Å². The smallest absolute Gasteiger partial charge is 0.264 e. The maximum absolute atomic E-state index is 13.0. The zero-order valence-electron chi connectivity index (χ0n) is 11.7. The van der Waals surface area contributed by atoms with E-state index >= 15 is 0 Å². The number of ether oxygens (including phenoxy) is 1. The molecule has 1 saturated heterocycles. The molecule has 5 heteroatoms. The summed E-state index contributed by atoms with van der Waals surface area (Å²) in [6.07, 6.45) is -0.254. The fourth-order valence-electron chi connectivity index (χ4n) is 2.53. The molecule has 3 rings (SSSR count). The standard InChI is InChI=1S/C16H16FNO2S/c1-11-9-18(16(19)15-3-2-8-21-15)10-14(20-11)12-4-6-13(17)7-5-12/h2-8,11,14H,9-10H2,1H3. The van der Waals surface area contributed by atoms with Gasteiger partial charge in [0, 0.05) is 6.54 Å². The van der Waals surface area contributed by atoms with Gasteiger partial charge in [-0.15, -0.1) is 11.3 Å². The van der Waals surface area contributed by atoms with Gasteiger partial charge < -0.3 is 9.64 Å². The molecule has 0 radical (unpaired) electrons. The minimum atomic E-state index is -0.269. The number of thiophene rings is 1. The van der Waals surface area contributed by atoms with Crippen LogP contribution in [0.25, 0.3) is 0 Å². The van der Waals surface area contributed by atoms with E-state index in [9.17, 15) is 9.18 Å². The van der Waals surface area contributed by atoms with E-state index in [0.717, 1.165) is 10.4 Å². The van der Waals surface area contributed by atoms with Gasteiger partial charge in [-0.05, 0) is 36.1 Å². The molecule has 110 valence electrons. The summed E-state index contributed by atoms with van der Waals surface area (Å²) < 4.78 is 18.9. The van der Waals surface area contributed by atoms with Crippen LogP contribution in [0.15, 0.2) is 41.8 Å². The molecule has 0 aliphatic carbocycles. The number of benzene rings is 1. The largest absolute Gasteiger partial charge is 0.367 e. The summed E-state index contributed by atoms with van der Waals surface area (Å²) in [5, 5.41) is 1.90. The maximum atomic E-state index is 13.0. The molecule has 1 aliphatic heterocycles. The number of rotatable bonds is 2. The van der Waals surface area contributed by atoms with Crippen LogP contribution in [0, 0.1) is 5.82 Å². The van der Waals surface area contributed by atoms with E-state index in [1.54, 1.807) is 12.1 Å². The van der Waals surface area contributed by atoms with Gasteiger partial charge >= 0.3 is 0 Å². The van der Waals surface area contributed by atoms with Gasteiger partial charge in [-0.1, -0.05) is 18.2 Å². The van der Waals surface area contributed by atoms with E-state index in [4.69, 9.17) is 4.74 Å². The van der Waals surface area contributed by atoms with Gasteiger partial charge in [-0.2, -0.15) is 0 Å². The van der Waals surface area contributed by atoms with Crippen molar-refractivity contribution in [1.82, 2.24) is 4.90 Å². The maximum Gasteiger partial charge on any atom is 0.264 e. The SMILES string of the molecule is CC1CN(C(=O)c2cccs2)CC(c2ccc(F)cc2)O1. The van der Waals surface area contributed by atoms with E-state index in [0.29, 0.717) is 13.1 Å². The Bertz CT molecular complexity index is 612. The molecule has 2 aromatic rings. The van der Waals surface area contributed by atoms with Gasteiger partial charge in [0.1, 0.15) is 11.9 Å². The third-order valence-electron chi connectivity index (χ3n) is 3.52. The van der Waals surface area contributed by atoms with Crippen molar-refractivity contribution in [2.24, 2.45) is 0 Å². The highest BCUT2D eigenvalue weighted by molar-refractivity contribution is 7.12. The highest BCUT2D eigenvalue weighted by Crippen LogP contribution is 2.27. The fraction of sp³-hybridized carbons (Fsp3) is 0.312. The lowest BCUT2D eigenvalue weighted by Gasteiger charge is -2.36. The third kappa shape index (κ3) is 3.14. The summed E-state index contributed by atoms with van der Waals surface area (Å²) in [5.74, 6) is -0.235. The van der Waals surface area contributed by atoms with Crippen molar-refractivity contribution in [2.75, 3.05) is 13.1 Å². The van der Waals surface area contributed by atoms with Crippen LogP contribution in [-0.4, -0.2) is 30.0 Å². The quantitative estimate of drug-likeness (QED) is 0.850. The fourth-order valence-corrected chi connectivity index (χ4v) is 3.23. The Kier molecular flexibility index (Phi) is 4.03. The lowest BCUT2D eigenvalue weighted by molar-refractivity contribution is -0.0690. The van der Waals surface area contributed by atoms with Crippen LogP contribution in [-0.2, 0) is 4.74 Å². The summed E-state index contributed by atoms with van der Waals surface area (Å²) in [6.45, 7) is 3.02. The van der Waals surface area contributed by atoms with E-state index < -0.39 is 0 Å². The number of amides is 1. The Balaban J connectivity index is 1.78. The minimum absolute atomic E-state index is 0.0345. The molecule has 1 aliphatic rings. The number of carbonyl (C=O) groups excluding carboxylic acids is 1. The van der Waals surface area contributed by atoms with Crippen LogP contribution in [0.3, 0.4) is 0 Å². The molecular weight excluding hydrogens is 289 g/mol. The summed E-state index contributed by atoms with van der Waals surface area (Å²) in [6, 6.07) is 9.98. The van der Waals surface area contributed by atoms with Crippen LogP contribution in [0.5, 0.6) is 0 Å². The highest BCUT2D eigenvalue weighted by Gasteiger charge is 2.30. The predicted molar refractivity (Wildman–Crippen MR) is 79.9 cm³/mol. The molecule has 0 N–H and O–H groups in total. The first-order valence-electron chi connectivity index (χ1n) is 6.87. The number of hydrogen-bond acceptors (Lipinski definition) is 3. The van der Waals surface area contributed by atoms with Gasteiger partial charge in [0.2, 0.25) is 0 Å². The second kappa shape index (κ2) is 5.95. The summed E-state index contributed by atoms with van der Waals surface area (Å²) >= 11 is 1.44. The Morgan fingerprint density at radius 2 is 2.05 bits per heavy atom. The van der Waals surface area contributed by atoms with Crippen molar-refractivity contribution in [1.29, 1.82) is 0 Å². The normalized spacial score (nSPS) is 22.3. The monoisotopic (exact) mass is 305 g/mol. The zero-order valence-corrected chi connectivity index (χ0v) is 12.5. The van der Waals surface area contributed by atoms with Crippen molar-refractivity contribution in [3.63, 3.8) is 0 Å². The molecule has 2 atom stereocenters. The van der Waals surface area contributed by atoms with Gasteiger partial charge in [0.25, 0.3) is 5.91 Å². The second-order valence-electron chi connectivity index (χ2n) is 5.17. The molecule has 1 fully saturated rings. The van der Waals surface area contributed by atoms with E-state index in [1.807, 2.05) is 29.3 Å². The van der Waals surface area contributed by atoms with Crippen molar-refractivity contribution in [2.45, 2.75) is 19.1 Å². The van der Waals surface area contributed by atoms with Crippen molar-refractivity contribution >= 4 is 17.2 Å². The van der Waals surface area contributed by atoms with Crippen molar-refractivity contribution in [3.05, 3.63) is 58.0 Å². The lowest BCUT2D eigenvalue weighted by Crippen LogP contribution is -2.45. The Hall–Kier alpha value is -1.72. The number of hydrogen-bond donors (Lipinski definition) is 0. The van der Waals surface area contributed by atoms with Gasteiger partial charge in [-0.3, -0.25) is 4.79 Å². The third-order valence-corrected chi connectivity index (χ3v) is 4.38. The molecule has 3 nitrogen and oxygen atoms in total. The van der Waals surface area contributed by atoms with Crippen molar-refractivity contribution in [3.8, 4) is 0 Å². The Morgan fingerprint density at radius 1 is 1.29 bits per heavy atom. The first-order chi connectivity index (χ1) is 10.1. The Labute approximate surface area is 127 Å². The van der Waals surface area contributed by atoms with Crippen LogP contribution in [0.1, 0.15) is 28.3 Å². The van der Waals surface area contributed by atoms with Crippen LogP contribution < -0.4 is 0 Å². The summed E-state index contributed by atoms with van der Waals surface area (Å²) in [5.41, 5.74) is 0.895. The zero-order chi connectivity index (χ0) is 14.8. The first-order valence-corrected chi connectivity index (χ1v) is 7.75. The lowest BCUT2D eigenvalue weighted by atomic mass is 10.1. The van der Waals surface area contributed by atoms with E-state index in [1.165, 1.54) is 23.5 Å². The van der Waals surface area contributed by atoms with Gasteiger partial charge in [0.05, 0.1) is 17.5 Å². The molecule has 1 amide bonds. The van der Waals surface area contributed by atoms with Crippen molar-refractivity contribution < 1.29 is 13.9 Å². The molecule has 1 aromatic heterocycles. The summed E-state index contributed by atoms with van der Waals surface area (Å²) in [7, 11) is 0. The highest BCUT2D eigenvalue weighted by atomic mass is 32.1. The Morgan fingerprint density at radius 3 is 2.71 bits per heavy atom. The average Bonchev–Trinajstić information content (AvgIpc) is 3.00. The van der Waals surface area contributed by atoms with Crippen LogP contribution in [0.4, 0.5) is 4.39 Å². The van der Waals surface area contributed by atoms with Crippen LogP contribution in [0.2, 0.25) is 0 Å². The first kappa shape index (κ1) is 14.2. The van der Waals surface area contributed by atoms with Gasteiger partial charge in [0.15, 0.2) is 0 Å².